The van der Waals surface area contributed by atoms with Crippen LogP contribution in [0, 0.1) is 29.7 Å². The number of hydrogen-bond acceptors (Lipinski definition) is 3. The van der Waals surface area contributed by atoms with Crippen molar-refractivity contribution in [2.75, 3.05) is 18.0 Å². The van der Waals surface area contributed by atoms with E-state index in [1.54, 1.807) is 0 Å². The fourth-order valence-electron chi connectivity index (χ4n) is 2.38. The van der Waals surface area contributed by atoms with Gasteiger partial charge in [-0.1, -0.05) is 31.1 Å². The van der Waals surface area contributed by atoms with E-state index in [0.29, 0.717) is 5.56 Å². The minimum absolute atomic E-state index is 0.663. The van der Waals surface area contributed by atoms with Gasteiger partial charge in [0.2, 0.25) is 0 Å². The van der Waals surface area contributed by atoms with Gasteiger partial charge in [-0.15, -0.1) is 5.54 Å². The molecule has 2 rings (SSSR count). The van der Waals surface area contributed by atoms with Crippen molar-refractivity contribution in [3.05, 3.63) is 35.0 Å². The highest BCUT2D eigenvalue weighted by Crippen LogP contribution is 2.24. The molecular weight excluding hydrogens is 286 g/mol. The summed E-state index contributed by atoms with van der Waals surface area (Å²) in [6, 6.07) is 6.00. The van der Waals surface area contributed by atoms with E-state index in [0.717, 1.165) is 37.4 Å². The highest BCUT2D eigenvalue weighted by atomic mass is 28.3. The van der Waals surface area contributed by atoms with Crippen molar-refractivity contribution in [1.29, 1.82) is 5.26 Å². The molecule has 0 spiro atoms. The molecule has 1 aromatic heterocycles. The average Bonchev–Trinajstić information content (AvgIpc) is 2.46. The fourth-order valence-corrected chi connectivity index (χ4v) is 2.88. The summed E-state index contributed by atoms with van der Waals surface area (Å²) in [5, 5.41) is 9.24. The Kier molecular flexibility index (Phi) is 5.06. The first-order valence-electron chi connectivity index (χ1n) is 7.72. The maximum atomic E-state index is 9.24. The smallest absolute Gasteiger partial charge is 0.146 e. The molecule has 0 atom stereocenters. The molecule has 2 heterocycles. The second-order valence-electron chi connectivity index (χ2n) is 6.74. The molecule has 0 aromatic carbocycles. The zero-order valence-corrected chi connectivity index (χ0v) is 14.9. The number of allylic oxidation sites excluding steroid dienone is 1. The fraction of sp³-hybridized carbons (Fsp3) is 0.444. The topological polar surface area (TPSA) is 39.9 Å². The molecule has 0 aliphatic carbocycles. The molecule has 3 nitrogen and oxygen atoms in total. The summed E-state index contributed by atoms with van der Waals surface area (Å²) >= 11 is 0. The molecule has 0 N–H and O–H groups in total. The number of aryl methyl sites for hydroxylation is 1. The molecule has 0 saturated carbocycles. The lowest BCUT2D eigenvalue weighted by Crippen LogP contribution is -2.32. The van der Waals surface area contributed by atoms with Gasteiger partial charge in [-0.3, -0.25) is 0 Å². The Labute approximate surface area is 134 Å². The average molecular weight is 309 g/mol. The van der Waals surface area contributed by atoms with E-state index >= 15 is 0 Å². The minimum Gasteiger partial charge on any atom is -0.355 e. The van der Waals surface area contributed by atoms with Crippen molar-refractivity contribution in [2.45, 2.75) is 39.4 Å². The molecule has 1 aromatic rings. The lowest BCUT2D eigenvalue weighted by atomic mass is 10.0. The quantitative estimate of drug-likeness (QED) is 0.587. The summed E-state index contributed by atoms with van der Waals surface area (Å²) in [6.45, 7) is 10.6. The SMILES string of the molecule is Cc1ccc(C#N)c(N2CCC(=CC#C[Si](C)(C)C)CC2)n1. The summed E-state index contributed by atoms with van der Waals surface area (Å²) in [5.41, 5.74) is 6.41. The van der Waals surface area contributed by atoms with E-state index in [9.17, 15) is 5.26 Å². The first-order valence-corrected chi connectivity index (χ1v) is 11.2. The lowest BCUT2D eigenvalue weighted by Gasteiger charge is -2.30. The van der Waals surface area contributed by atoms with Gasteiger partial charge in [-0.05, 0) is 38.0 Å². The van der Waals surface area contributed by atoms with Crippen molar-refractivity contribution < 1.29 is 0 Å². The lowest BCUT2D eigenvalue weighted by molar-refractivity contribution is 0.676. The van der Waals surface area contributed by atoms with Crippen LogP contribution in [0.3, 0.4) is 0 Å². The monoisotopic (exact) mass is 309 g/mol. The Hall–Kier alpha value is -2.04. The van der Waals surface area contributed by atoms with Crippen LogP contribution in [0.2, 0.25) is 19.6 Å². The Balaban J connectivity index is 2.07. The molecule has 0 unspecified atom stereocenters. The van der Waals surface area contributed by atoms with Crippen molar-refractivity contribution in [1.82, 2.24) is 4.98 Å². The van der Waals surface area contributed by atoms with Gasteiger partial charge in [0.25, 0.3) is 0 Å². The van der Waals surface area contributed by atoms with E-state index < -0.39 is 8.07 Å². The minimum atomic E-state index is -1.29. The van der Waals surface area contributed by atoms with Gasteiger partial charge in [-0.2, -0.15) is 5.26 Å². The Morgan fingerprint density at radius 2 is 1.91 bits per heavy atom. The number of piperidine rings is 1. The summed E-state index contributed by atoms with van der Waals surface area (Å²) in [4.78, 5) is 6.77. The van der Waals surface area contributed by atoms with Crippen LogP contribution in [-0.4, -0.2) is 26.1 Å². The molecule has 114 valence electrons. The third kappa shape index (κ3) is 4.48. The van der Waals surface area contributed by atoms with Gasteiger partial charge in [0.05, 0.1) is 5.56 Å². The number of rotatable bonds is 1. The van der Waals surface area contributed by atoms with Crippen LogP contribution in [0.4, 0.5) is 5.82 Å². The molecule has 1 aliphatic heterocycles. The van der Waals surface area contributed by atoms with E-state index in [-0.39, 0.29) is 0 Å². The number of aromatic nitrogens is 1. The first kappa shape index (κ1) is 16.3. The number of nitrogens with zero attached hydrogens (tertiary/aromatic N) is 3. The zero-order chi connectivity index (χ0) is 16.2. The maximum absolute atomic E-state index is 9.24. The van der Waals surface area contributed by atoms with Gasteiger partial charge < -0.3 is 4.90 Å². The van der Waals surface area contributed by atoms with Gasteiger partial charge in [0.1, 0.15) is 20.0 Å². The molecule has 22 heavy (non-hydrogen) atoms. The van der Waals surface area contributed by atoms with E-state index in [1.165, 1.54) is 5.57 Å². The molecular formula is C18H23N3Si. The van der Waals surface area contributed by atoms with Crippen molar-refractivity contribution in [2.24, 2.45) is 0 Å². The predicted molar refractivity (Wildman–Crippen MR) is 94.3 cm³/mol. The van der Waals surface area contributed by atoms with Crippen LogP contribution in [0.5, 0.6) is 0 Å². The van der Waals surface area contributed by atoms with Crippen LogP contribution >= 0.6 is 0 Å². The van der Waals surface area contributed by atoms with Crippen LogP contribution in [0.1, 0.15) is 24.1 Å². The van der Waals surface area contributed by atoms with Gasteiger partial charge in [-0.25, -0.2) is 4.98 Å². The largest absolute Gasteiger partial charge is 0.355 e. The van der Waals surface area contributed by atoms with Crippen LogP contribution < -0.4 is 4.90 Å². The molecule has 1 aliphatic rings. The zero-order valence-electron chi connectivity index (χ0n) is 13.9. The van der Waals surface area contributed by atoms with E-state index in [2.05, 4.69) is 53.1 Å². The van der Waals surface area contributed by atoms with Gasteiger partial charge >= 0.3 is 0 Å². The molecule has 0 bridgehead atoms. The van der Waals surface area contributed by atoms with Crippen LogP contribution in [0.15, 0.2) is 23.8 Å². The number of anilines is 1. The Morgan fingerprint density at radius 3 is 2.50 bits per heavy atom. The summed E-state index contributed by atoms with van der Waals surface area (Å²) in [7, 11) is -1.29. The molecule has 4 heteroatoms. The third-order valence-electron chi connectivity index (χ3n) is 3.56. The second-order valence-corrected chi connectivity index (χ2v) is 11.5. The number of pyridine rings is 1. The molecule has 0 amide bonds. The standard InChI is InChI=1S/C18H23N3Si/c1-15-7-8-17(14-19)18(20-15)21-11-9-16(10-12-21)6-5-13-22(2,3)4/h6-8H,9-12H2,1-4H3. The van der Waals surface area contributed by atoms with Crippen LogP contribution in [-0.2, 0) is 0 Å². The predicted octanol–water partition coefficient (Wildman–Crippen LogP) is 3.67. The number of hydrogen-bond donors (Lipinski definition) is 0. The Morgan fingerprint density at radius 1 is 1.23 bits per heavy atom. The number of nitriles is 1. The molecule has 0 radical (unpaired) electrons. The Bertz CT molecular complexity index is 671. The second kappa shape index (κ2) is 6.81. The van der Waals surface area contributed by atoms with Gasteiger partial charge in [0, 0.05) is 18.8 Å². The maximum Gasteiger partial charge on any atom is 0.146 e. The van der Waals surface area contributed by atoms with Gasteiger partial charge in [0.15, 0.2) is 0 Å². The summed E-state index contributed by atoms with van der Waals surface area (Å²) < 4.78 is 0. The first-order chi connectivity index (χ1) is 10.4. The van der Waals surface area contributed by atoms with Crippen molar-refractivity contribution in [3.63, 3.8) is 0 Å². The molecule has 1 saturated heterocycles. The normalized spacial score (nSPS) is 14.9. The summed E-state index contributed by atoms with van der Waals surface area (Å²) in [6.07, 6.45) is 4.10. The summed E-state index contributed by atoms with van der Waals surface area (Å²) in [5.74, 6) is 4.07. The molecule has 1 fully saturated rings. The van der Waals surface area contributed by atoms with Crippen molar-refractivity contribution in [3.8, 4) is 17.5 Å². The highest BCUT2D eigenvalue weighted by Gasteiger charge is 2.18. The highest BCUT2D eigenvalue weighted by molar-refractivity contribution is 6.83. The third-order valence-corrected chi connectivity index (χ3v) is 4.46. The van der Waals surface area contributed by atoms with Crippen molar-refractivity contribution >= 4 is 13.9 Å². The van der Waals surface area contributed by atoms with Crippen LogP contribution in [0.25, 0.3) is 0 Å². The van der Waals surface area contributed by atoms with E-state index in [4.69, 9.17) is 0 Å². The van der Waals surface area contributed by atoms with E-state index in [1.807, 2.05) is 19.1 Å².